The van der Waals surface area contributed by atoms with Crippen molar-refractivity contribution >= 4 is 0 Å². The molecule has 0 radical (unpaired) electrons. The summed E-state index contributed by atoms with van der Waals surface area (Å²) in [6.07, 6.45) is 5.66. The Morgan fingerprint density at radius 2 is 1.67 bits per heavy atom. The van der Waals surface area contributed by atoms with Gasteiger partial charge in [-0.25, -0.2) is 4.39 Å². The molecule has 0 bridgehead atoms. The first kappa shape index (κ1) is 12.3. The van der Waals surface area contributed by atoms with E-state index in [0.29, 0.717) is 6.04 Å². The van der Waals surface area contributed by atoms with Crippen LogP contribution in [-0.4, -0.2) is 14.8 Å². The number of halogens is 1. The summed E-state index contributed by atoms with van der Waals surface area (Å²) in [5, 5.41) is 7.78. The molecule has 1 atom stereocenters. The number of aromatic nitrogens is 3. The summed E-state index contributed by atoms with van der Waals surface area (Å²) in [5.74, 6) is -0.201. The van der Waals surface area contributed by atoms with Crippen LogP contribution in [0.4, 0.5) is 4.39 Å². The lowest BCUT2D eigenvalue weighted by molar-refractivity contribution is 0.578. The highest BCUT2D eigenvalue weighted by molar-refractivity contribution is 5.65. The van der Waals surface area contributed by atoms with Crippen molar-refractivity contribution in [2.24, 2.45) is 0 Å². The summed E-state index contributed by atoms with van der Waals surface area (Å²) < 4.78 is 15.1. The molecular formula is C17H14FN3. The predicted molar refractivity (Wildman–Crippen MR) is 78.3 cm³/mol. The standard InChI is InChI=1S/C17H14FN3/c18-15-5-1-12(2-6-15)13-3-7-16-14(9-13)4-8-17(16)21-10-19-20-11-21/h1-3,5-7,9-11,17H,4,8H2. The van der Waals surface area contributed by atoms with E-state index in [-0.39, 0.29) is 5.82 Å². The summed E-state index contributed by atoms with van der Waals surface area (Å²) in [6.45, 7) is 0. The zero-order valence-electron chi connectivity index (χ0n) is 11.4. The molecular weight excluding hydrogens is 265 g/mol. The van der Waals surface area contributed by atoms with Crippen LogP contribution in [-0.2, 0) is 6.42 Å². The number of benzene rings is 2. The van der Waals surface area contributed by atoms with Gasteiger partial charge < -0.3 is 4.57 Å². The van der Waals surface area contributed by atoms with E-state index < -0.39 is 0 Å². The second-order valence-electron chi connectivity index (χ2n) is 5.38. The van der Waals surface area contributed by atoms with Gasteiger partial charge in [0.1, 0.15) is 18.5 Å². The van der Waals surface area contributed by atoms with Gasteiger partial charge in [0.05, 0.1) is 6.04 Å². The number of hydrogen-bond donors (Lipinski definition) is 0. The summed E-state index contributed by atoms with van der Waals surface area (Å²) in [7, 11) is 0. The van der Waals surface area contributed by atoms with E-state index in [2.05, 4.69) is 33.0 Å². The van der Waals surface area contributed by atoms with Gasteiger partial charge in [0.2, 0.25) is 0 Å². The van der Waals surface area contributed by atoms with E-state index in [1.807, 2.05) is 12.1 Å². The van der Waals surface area contributed by atoms with Gasteiger partial charge in [-0.05, 0) is 47.2 Å². The van der Waals surface area contributed by atoms with Crippen LogP contribution in [0.1, 0.15) is 23.6 Å². The second kappa shape index (κ2) is 4.81. The molecule has 0 amide bonds. The first-order valence-corrected chi connectivity index (χ1v) is 7.04. The minimum absolute atomic E-state index is 0.201. The normalized spacial score (nSPS) is 16.9. The number of fused-ring (bicyclic) bond motifs is 1. The third-order valence-corrected chi connectivity index (χ3v) is 4.16. The lowest BCUT2D eigenvalue weighted by atomic mass is 10.00. The Morgan fingerprint density at radius 1 is 0.952 bits per heavy atom. The van der Waals surface area contributed by atoms with Crippen LogP contribution in [0.15, 0.2) is 55.1 Å². The number of aryl methyl sites for hydroxylation is 1. The van der Waals surface area contributed by atoms with Gasteiger partial charge in [0, 0.05) is 0 Å². The number of hydrogen-bond acceptors (Lipinski definition) is 2. The smallest absolute Gasteiger partial charge is 0.123 e. The molecule has 3 aromatic rings. The fourth-order valence-electron chi connectivity index (χ4n) is 3.10. The molecule has 0 N–H and O–H groups in total. The number of nitrogens with zero attached hydrogens (tertiary/aromatic N) is 3. The molecule has 0 aliphatic heterocycles. The molecule has 0 spiro atoms. The van der Waals surface area contributed by atoms with E-state index in [1.54, 1.807) is 12.7 Å². The Balaban J connectivity index is 1.71. The molecule has 1 heterocycles. The Kier molecular flexibility index (Phi) is 2.81. The highest BCUT2D eigenvalue weighted by atomic mass is 19.1. The molecule has 2 aromatic carbocycles. The highest BCUT2D eigenvalue weighted by Crippen LogP contribution is 2.36. The van der Waals surface area contributed by atoms with E-state index in [9.17, 15) is 4.39 Å². The quantitative estimate of drug-likeness (QED) is 0.717. The zero-order valence-corrected chi connectivity index (χ0v) is 11.4. The van der Waals surface area contributed by atoms with Crippen LogP contribution in [0.3, 0.4) is 0 Å². The van der Waals surface area contributed by atoms with Crippen LogP contribution in [0, 0.1) is 5.82 Å². The van der Waals surface area contributed by atoms with Gasteiger partial charge in [-0.15, -0.1) is 10.2 Å². The first-order chi connectivity index (χ1) is 10.3. The van der Waals surface area contributed by atoms with Crippen molar-refractivity contribution in [3.05, 3.63) is 72.1 Å². The van der Waals surface area contributed by atoms with Gasteiger partial charge in [0.15, 0.2) is 0 Å². The largest absolute Gasteiger partial charge is 0.313 e. The summed E-state index contributed by atoms with van der Waals surface area (Å²) in [4.78, 5) is 0. The van der Waals surface area contributed by atoms with Crippen molar-refractivity contribution in [2.75, 3.05) is 0 Å². The Hall–Kier alpha value is -2.49. The third-order valence-electron chi connectivity index (χ3n) is 4.16. The van der Waals surface area contributed by atoms with Crippen LogP contribution in [0.5, 0.6) is 0 Å². The van der Waals surface area contributed by atoms with Gasteiger partial charge in [-0.2, -0.15) is 0 Å². The average molecular weight is 279 g/mol. The highest BCUT2D eigenvalue weighted by Gasteiger charge is 2.24. The molecule has 104 valence electrons. The van der Waals surface area contributed by atoms with Crippen molar-refractivity contribution in [3.8, 4) is 11.1 Å². The minimum atomic E-state index is -0.201. The third kappa shape index (κ3) is 2.13. The molecule has 21 heavy (non-hydrogen) atoms. The molecule has 0 saturated heterocycles. The van der Waals surface area contributed by atoms with E-state index in [4.69, 9.17) is 0 Å². The van der Waals surface area contributed by atoms with E-state index >= 15 is 0 Å². The molecule has 1 aliphatic rings. The molecule has 4 rings (SSSR count). The molecule has 4 heteroatoms. The molecule has 1 aromatic heterocycles. The minimum Gasteiger partial charge on any atom is -0.313 e. The summed E-state index contributed by atoms with van der Waals surface area (Å²) in [6, 6.07) is 13.5. The van der Waals surface area contributed by atoms with Crippen molar-refractivity contribution in [1.82, 2.24) is 14.8 Å². The van der Waals surface area contributed by atoms with Crippen LogP contribution in [0.2, 0.25) is 0 Å². The maximum atomic E-state index is 13.0. The fourth-order valence-corrected chi connectivity index (χ4v) is 3.10. The van der Waals surface area contributed by atoms with Crippen molar-refractivity contribution < 1.29 is 4.39 Å². The topological polar surface area (TPSA) is 30.7 Å². The fraction of sp³-hybridized carbons (Fsp3) is 0.176. The van der Waals surface area contributed by atoms with Crippen LogP contribution < -0.4 is 0 Å². The Bertz CT molecular complexity index is 763. The van der Waals surface area contributed by atoms with Crippen LogP contribution >= 0.6 is 0 Å². The zero-order chi connectivity index (χ0) is 14.2. The Labute approximate surface area is 122 Å². The molecule has 0 fully saturated rings. The maximum absolute atomic E-state index is 13.0. The molecule has 3 nitrogen and oxygen atoms in total. The van der Waals surface area contributed by atoms with E-state index in [0.717, 1.165) is 24.0 Å². The SMILES string of the molecule is Fc1ccc(-c2ccc3c(c2)CCC3n2cnnc2)cc1. The first-order valence-electron chi connectivity index (χ1n) is 7.04. The summed E-state index contributed by atoms with van der Waals surface area (Å²) in [5.41, 5.74) is 4.88. The van der Waals surface area contributed by atoms with Crippen LogP contribution in [0.25, 0.3) is 11.1 Å². The van der Waals surface area contributed by atoms with Crippen molar-refractivity contribution in [2.45, 2.75) is 18.9 Å². The monoisotopic (exact) mass is 279 g/mol. The number of rotatable bonds is 2. The summed E-state index contributed by atoms with van der Waals surface area (Å²) >= 11 is 0. The van der Waals surface area contributed by atoms with Gasteiger partial charge in [0.25, 0.3) is 0 Å². The van der Waals surface area contributed by atoms with Crippen molar-refractivity contribution in [3.63, 3.8) is 0 Å². The van der Waals surface area contributed by atoms with Gasteiger partial charge >= 0.3 is 0 Å². The predicted octanol–water partition coefficient (Wildman–Crippen LogP) is 3.62. The second-order valence-corrected chi connectivity index (χ2v) is 5.38. The average Bonchev–Trinajstić information content (AvgIpc) is 3.16. The van der Waals surface area contributed by atoms with Gasteiger partial charge in [-0.3, -0.25) is 0 Å². The van der Waals surface area contributed by atoms with Crippen molar-refractivity contribution in [1.29, 1.82) is 0 Å². The lowest BCUT2D eigenvalue weighted by Gasteiger charge is -2.13. The maximum Gasteiger partial charge on any atom is 0.123 e. The molecule has 1 aliphatic carbocycles. The van der Waals surface area contributed by atoms with E-state index in [1.165, 1.54) is 23.3 Å². The van der Waals surface area contributed by atoms with Gasteiger partial charge in [-0.1, -0.05) is 30.3 Å². The molecule has 0 saturated carbocycles. The molecule has 1 unspecified atom stereocenters. The Morgan fingerprint density at radius 3 is 2.43 bits per heavy atom. The lowest BCUT2D eigenvalue weighted by Crippen LogP contribution is -2.04.